The minimum absolute atomic E-state index is 0.257. The van der Waals surface area contributed by atoms with Crippen LogP contribution in [0, 0.1) is 5.92 Å². The van der Waals surface area contributed by atoms with Crippen molar-refractivity contribution in [2.75, 3.05) is 19.9 Å². The third kappa shape index (κ3) is 2.86. The van der Waals surface area contributed by atoms with E-state index in [0.29, 0.717) is 18.8 Å². The van der Waals surface area contributed by atoms with Gasteiger partial charge in [0.2, 0.25) is 6.79 Å². The molecular formula is C17H22N6O2. The summed E-state index contributed by atoms with van der Waals surface area (Å²) in [4.78, 5) is 4.29. The van der Waals surface area contributed by atoms with Gasteiger partial charge in [-0.15, -0.1) is 0 Å². The number of aryl methyl sites for hydroxylation is 1. The van der Waals surface area contributed by atoms with Crippen molar-refractivity contribution in [3.05, 3.63) is 35.9 Å². The fourth-order valence-corrected chi connectivity index (χ4v) is 3.91. The van der Waals surface area contributed by atoms with E-state index in [0.717, 1.165) is 49.8 Å². The van der Waals surface area contributed by atoms with E-state index < -0.39 is 0 Å². The lowest BCUT2D eigenvalue weighted by atomic mass is 9.94. The highest BCUT2D eigenvalue weighted by Crippen LogP contribution is 2.36. The number of hydrazine groups is 1. The zero-order valence-corrected chi connectivity index (χ0v) is 13.9. The van der Waals surface area contributed by atoms with E-state index in [-0.39, 0.29) is 6.04 Å². The van der Waals surface area contributed by atoms with Gasteiger partial charge in [0.05, 0.1) is 12.6 Å². The third-order valence-electron chi connectivity index (χ3n) is 5.32. The first-order valence-electron chi connectivity index (χ1n) is 8.85. The molecule has 0 radical (unpaired) electrons. The number of nitrogens with zero attached hydrogens (tertiary/aromatic N) is 3. The van der Waals surface area contributed by atoms with Gasteiger partial charge in [0.1, 0.15) is 12.2 Å². The molecule has 3 aliphatic heterocycles. The molecule has 0 aliphatic carbocycles. The first-order valence-corrected chi connectivity index (χ1v) is 8.85. The van der Waals surface area contributed by atoms with Gasteiger partial charge in [0, 0.05) is 31.5 Å². The van der Waals surface area contributed by atoms with Crippen molar-refractivity contribution >= 4 is 0 Å². The van der Waals surface area contributed by atoms with Gasteiger partial charge >= 0.3 is 0 Å². The molecule has 3 N–H and O–H groups in total. The summed E-state index contributed by atoms with van der Waals surface area (Å²) in [6.45, 7) is 3.10. The van der Waals surface area contributed by atoms with E-state index in [2.05, 4.69) is 38.4 Å². The Morgan fingerprint density at radius 3 is 3.24 bits per heavy atom. The second-order valence-corrected chi connectivity index (χ2v) is 6.88. The van der Waals surface area contributed by atoms with E-state index in [1.165, 1.54) is 5.56 Å². The van der Waals surface area contributed by atoms with Gasteiger partial charge in [0.25, 0.3) is 0 Å². The SMILES string of the molecule is c1nc2n(n1)CC(NCC1CNNC1c1ccc3c(c1)OCO3)CC2. The number of hydrogen-bond donors (Lipinski definition) is 3. The minimum atomic E-state index is 0.257. The second kappa shape index (κ2) is 6.29. The van der Waals surface area contributed by atoms with Crippen molar-refractivity contribution in [2.24, 2.45) is 5.92 Å². The van der Waals surface area contributed by atoms with Gasteiger partial charge in [-0.05, 0) is 24.1 Å². The molecule has 3 atom stereocenters. The Balaban J connectivity index is 1.23. The fraction of sp³-hybridized carbons (Fsp3) is 0.529. The summed E-state index contributed by atoms with van der Waals surface area (Å²) in [5.41, 5.74) is 7.92. The topological polar surface area (TPSA) is 85.3 Å². The normalized spacial score (nSPS) is 27.4. The maximum absolute atomic E-state index is 5.51. The fourth-order valence-electron chi connectivity index (χ4n) is 3.91. The lowest BCUT2D eigenvalue weighted by molar-refractivity contribution is 0.174. The molecule has 0 saturated carbocycles. The molecule has 132 valence electrons. The zero-order valence-electron chi connectivity index (χ0n) is 13.9. The molecule has 3 unspecified atom stereocenters. The Morgan fingerprint density at radius 1 is 1.28 bits per heavy atom. The van der Waals surface area contributed by atoms with Crippen LogP contribution in [0.3, 0.4) is 0 Å². The number of ether oxygens (including phenoxy) is 2. The summed E-state index contributed by atoms with van der Waals surface area (Å²) in [5, 5.41) is 8.02. The maximum atomic E-state index is 5.51. The van der Waals surface area contributed by atoms with Crippen molar-refractivity contribution in [1.29, 1.82) is 0 Å². The molecule has 0 spiro atoms. The molecular weight excluding hydrogens is 320 g/mol. The second-order valence-electron chi connectivity index (χ2n) is 6.88. The van der Waals surface area contributed by atoms with Gasteiger partial charge < -0.3 is 14.8 Å². The average molecular weight is 342 g/mol. The van der Waals surface area contributed by atoms with Crippen LogP contribution in [0.5, 0.6) is 11.5 Å². The van der Waals surface area contributed by atoms with Crippen LogP contribution >= 0.6 is 0 Å². The average Bonchev–Trinajstić information content (AvgIpc) is 3.37. The standard InChI is InChI=1S/C17H22N6O2/c1-3-14-15(25-10-24-14)5-11(1)17-12(7-20-22-17)6-18-13-2-4-16-19-9-21-23(16)8-13/h1,3,5,9,12-13,17-18,20,22H,2,4,6-8,10H2. The van der Waals surface area contributed by atoms with Crippen molar-refractivity contribution in [3.8, 4) is 11.5 Å². The number of hydrogen-bond acceptors (Lipinski definition) is 7. The van der Waals surface area contributed by atoms with Gasteiger partial charge in [-0.2, -0.15) is 5.10 Å². The quantitative estimate of drug-likeness (QED) is 0.740. The molecule has 4 heterocycles. The number of rotatable bonds is 4. The summed E-state index contributed by atoms with van der Waals surface area (Å²) >= 11 is 0. The number of benzene rings is 1. The van der Waals surface area contributed by atoms with Gasteiger partial charge in [-0.25, -0.2) is 15.1 Å². The molecule has 0 bridgehead atoms. The van der Waals surface area contributed by atoms with Gasteiger partial charge in [-0.3, -0.25) is 5.43 Å². The predicted octanol–water partition coefficient (Wildman–Crippen LogP) is 0.377. The molecule has 3 aliphatic rings. The van der Waals surface area contributed by atoms with Crippen LogP contribution in [0.4, 0.5) is 0 Å². The molecule has 5 rings (SSSR count). The summed E-state index contributed by atoms with van der Waals surface area (Å²) < 4.78 is 12.9. The van der Waals surface area contributed by atoms with E-state index >= 15 is 0 Å². The Bertz CT molecular complexity index is 763. The van der Waals surface area contributed by atoms with Crippen LogP contribution in [0.2, 0.25) is 0 Å². The molecule has 1 aromatic heterocycles. The van der Waals surface area contributed by atoms with Crippen LogP contribution in [-0.2, 0) is 13.0 Å². The Morgan fingerprint density at radius 2 is 2.24 bits per heavy atom. The summed E-state index contributed by atoms with van der Waals surface area (Å²) in [5.74, 6) is 3.23. The zero-order chi connectivity index (χ0) is 16.6. The lowest BCUT2D eigenvalue weighted by Crippen LogP contribution is -2.41. The summed E-state index contributed by atoms with van der Waals surface area (Å²) in [6, 6.07) is 6.91. The molecule has 8 heteroatoms. The van der Waals surface area contributed by atoms with Crippen LogP contribution < -0.4 is 25.6 Å². The third-order valence-corrected chi connectivity index (χ3v) is 5.32. The first kappa shape index (κ1) is 15.1. The summed E-state index contributed by atoms with van der Waals surface area (Å²) in [6.07, 6.45) is 3.75. The maximum Gasteiger partial charge on any atom is 0.231 e. The number of aromatic nitrogens is 3. The molecule has 8 nitrogen and oxygen atoms in total. The first-order chi connectivity index (χ1) is 12.4. The van der Waals surface area contributed by atoms with E-state index in [9.17, 15) is 0 Å². The van der Waals surface area contributed by atoms with E-state index in [1.54, 1.807) is 6.33 Å². The van der Waals surface area contributed by atoms with Gasteiger partial charge in [-0.1, -0.05) is 6.07 Å². The van der Waals surface area contributed by atoms with Crippen LogP contribution in [-0.4, -0.2) is 40.7 Å². The molecule has 2 aromatic rings. The van der Waals surface area contributed by atoms with E-state index in [1.807, 2.05) is 10.7 Å². The lowest BCUT2D eigenvalue weighted by Gasteiger charge is -2.26. The molecule has 1 fully saturated rings. The van der Waals surface area contributed by atoms with Crippen LogP contribution in [0.15, 0.2) is 24.5 Å². The van der Waals surface area contributed by atoms with Crippen molar-refractivity contribution < 1.29 is 9.47 Å². The summed E-state index contributed by atoms with van der Waals surface area (Å²) in [7, 11) is 0. The molecule has 25 heavy (non-hydrogen) atoms. The Labute approximate surface area is 145 Å². The van der Waals surface area contributed by atoms with Crippen LogP contribution in [0.25, 0.3) is 0 Å². The Kier molecular flexibility index (Phi) is 3.80. The monoisotopic (exact) mass is 342 g/mol. The number of nitrogens with one attached hydrogen (secondary N) is 3. The van der Waals surface area contributed by atoms with Crippen molar-refractivity contribution in [1.82, 2.24) is 30.9 Å². The van der Waals surface area contributed by atoms with E-state index in [4.69, 9.17) is 9.47 Å². The molecule has 1 saturated heterocycles. The van der Waals surface area contributed by atoms with Crippen molar-refractivity contribution in [3.63, 3.8) is 0 Å². The predicted molar refractivity (Wildman–Crippen MR) is 90.1 cm³/mol. The highest BCUT2D eigenvalue weighted by atomic mass is 16.7. The molecule has 1 aromatic carbocycles. The number of fused-ring (bicyclic) bond motifs is 2. The van der Waals surface area contributed by atoms with Crippen molar-refractivity contribution in [2.45, 2.75) is 31.5 Å². The smallest absolute Gasteiger partial charge is 0.231 e. The van der Waals surface area contributed by atoms with Gasteiger partial charge in [0.15, 0.2) is 11.5 Å². The van der Waals surface area contributed by atoms with Crippen LogP contribution in [0.1, 0.15) is 23.9 Å². The highest BCUT2D eigenvalue weighted by Gasteiger charge is 2.30. The minimum Gasteiger partial charge on any atom is -0.454 e. The molecule has 0 amide bonds. The highest BCUT2D eigenvalue weighted by molar-refractivity contribution is 5.45. The Hall–Kier alpha value is -2.16. The largest absolute Gasteiger partial charge is 0.454 e.